The zero-order chi connectivity index (χ0) is 17.2. The third kappa shape index (κ3) is 4.17. The maximum atomic E-state index is 13.0. The third-order valence-electron chi connectivity index (χ3n) is 3.43. The number of carbonyl (C=O) groups is 1. The molecule has 8 heteroatoms. The predicted molar refractivity (Wildman–Crippen MR) is 85.5 cm³/mol. The lowest BCUT2D eigenvalue weighted by molar-refractivity contribution is 0.0955. The summed E-state index contributed by atoms with van der Waals surface area (Å²) in [6, 6.07) is 7.64. The number of benzene rings is 1. The minimum atomic E-state index is -3.62. The summed E-state index contributed by atoms with van der Waals surface area (Å²) in [4.78, 5) is 12.2. The molecule has 1 aromatic heterocycles. The first-order valence-corrected chi connectivity index (χ1v) is 8.64. The van der Waals surface area contributed by atoms with E-state index >= 15 is 0 Å². The quantitative estimate of drug-likeness (QED) is 0.858. The molecule has 0 bridgehead atoms. The van der Waals surface area contributed by atoms with Gasteiger partial charge in [-0.15, -0.1) is 0 Å². The molecular formula is C15H18FN3O3S. The number of aromatic nitrogens is 1. The number of primary sulfonamides is 1. The van der Waals surface area contributed by atoms with Gasteiger partial charge in [0, 0.05) is 23.6 Å². The molecule has 1 heterocycles. The molecule has 0 radical (unpaired) electrons. The van der Waals surface area contributed by atoms with Crippen LogP contribution in [0.5, 0.6) is 0 Å². The van der Waals surface area contributed by atoms with Gasteiger partial charge < -0.3 is 9.88 Å². The Kier molecular flexibility index (Phi) is 4.86. The molecule has 0 saturated carbocycles. The van der Waals surface area contributed by atoms with Gasteiger partial charge >= 0.3 is 0 Å². The lowest BCUT2D eigenvalue weighted by atomic mass is 10.2. The molecule has 6 nitrogen and oxygen atoms in total. The summed E-state index contributed by atoms with van der Waals surface area (Å²) in [6.45, 7) is 3.54. The van der Waals surface area contributed by atoms with Gasteiger partial charge in [0.05, 0.1) is 11.3 Å². The Hall–Kier alpha value is -2.19. The van der Waals surface area contributed by atoms with Crippen LogP contribution in [0.3, 0.4) is 0 Å². The first-order valence-electron chi connectivity index (χ1n) is 6.92. The molecule has 0 aliphatic heterocycles. The van der Waals surface area contributed by atoms with Crippen LogP contribution >= 0.6 is 0 Å². The van der Waals surface area contributed by atoms with Crippen molar-refractivity contribution in [2.24, 2.45) is 5.14 Å². The number of halogens is 1. The van der Waals surface area contributed by atoms with Crippen LogP contribution in [0.1, 0.15) is 21.7 Å². The Labute approximate surface area is 134 Å². The summed E-state index contributed by atoms with van der Waals surface area (Å²) in [7, 11) is -3.62. The Bertz CT molecular complexity index is 826. The smallest absolute Gasteiger partial charge is 0.253 e. The Morgan fingerprint density at radius 3 is 2.43 bits per heavy atom. The number of amides is 1. The molecule has 0 spiro atoms. The average molecular weight is 339 g/mol. The van der Waals surface area contributed by atoms with Crippen LogP contribution in [0.4, 0.5) is 4.39 Å². The van der Waals surface area contributed by atoms with E-state index in [2.05, 4.69) is 5.32 Å². The standard InChI is InChI=1S/C15H18FN3O3S/c1-10-9-14(15(20)18-7-8-23(17,21)22)11(2)19(10)13-5-3-12(16)4-6-13/h3-6,9H,7-8H2,1-2H3,(H,18,20)(H2,17,21,22). The molecule has 1 aromatic carbocycles. The van der Waals surface area contributed by atoms with Crippen molar-refractivity contribution in [3.8, 4) is 5.69 Å². The van der Waals surface area contributed by atoms with Crippen molar-refractivity contribution in [2.45, 2.75) is 13.8 Å². The van der Waals surface area contributed by atoms with E-state index in [9.17, 15) is 17.6 Å². The predicted octanol–water partition coefficient (Wildman–Crippen LogP) is 1.25. The lowest BCUT2D eigenvalue weighted by Gasteiger charge is -2.10. The topological polar surface area (TPSA) is 94.2 Å². The monoisotopic (exact) mass is 339 g/mol. The van der Waals surface area contributed by atoms with Crippen LogP contribution in [-0.2, 0) is 10.0 Å². The van der Waals surface area contributed by atoms with Crippen molar-refractivity contribution in [1.29, 1.82) is 0 Å². The van der Waals surface area contributed by atoms with Crippen molar-refractivity contribution < 1.29 is 17.6 Å². The Morgan fingerprint density at radius 1 is 1.26 bits per heavy atom. The average Bonchev–Trinajstić information content (AvgIpc) is 2.74. The van der Waals surface area contributed by atoms with Gasteiger partial charge in [-0.05, 0) is 44.2 Å². The summed E-state index contributed by atoms with van der Waals surface area (Å²) < 4.78 is 36.6. The third-order valence-corrected chi connectivity index (χ3v) is 4.21. The summed E-state index contributed by atoms with van der Waals surface area (Å²) in [5.74, 6) is -1.04. The van der Waals surface area contributed by atoms with Crippen LogP contribution < -0.4 is 10.5 Å². The van der Waals surface area contributed by atoms with E-state index in [-0.39, 0.29) is 24.0 Å². The highest BCUT2D eigenvalue weighted by atomic mass is 32.2. The van der Waals surface area contributed by atoms with Crippen molar-refractivity contribution in [3.63, 3.8) is 0 Å². The second-order valence-corrected chi connectivity index (χ2v) is 6.95. The van der Waals surface area contributed by atoms with Gasteiger partial charge in [-0.25, -0.2) is 17.9 Å². The van der Waals surface area contributed by atoms with Gasteiger partial charge in [-0.2, -0.15) is 0 Å². The van der Waals surface area contributed by atoms with E-state index in [1.54, 1.807) is 25.1 Å². The maximum Gasteiger partial charge on any atom is 0.253 e. The van der Waals surface area contributed by atoms with E-state index in [0.717, 1.165) is 11.4 Å². The highest BCUT2D eigenvalue weighted by molar-refractivity contribution is 7.89. The van der Waals surface area contributed by atoms with Crippen LogP contribution in [0, 0.1) is 19.7 Å². The van der Waals surface area contributed by atoms with Gasteiger partial charge in [-0.1, -0.05) is 0 Å². The van der Waals surface area contributed by atoms with Gasteiger partial charge in [-0.3, -0.25) is 4.79 Å². The molecule has 0 aliphatic carbocycles. The van der Waals surface area contributed by atoms with Crippen molar-refractivity contribution in [3.05, 3.63) is 53.1 Å². The fourth-order valence-corrected chi connectivity index (χ4v) is 2.77. The molecule has 0 atom stereocenters. The Morgan fingerprint density at radius 2 is 1.87 bits per heavy atom. The van der Waals surface area contributed by atoms with Crippen LogP contribution in [-0.4, -0.2) is 31.2 Å². The Balaban J connectivity index is 2.23. The molecule has 0 saturated heterocycles. The number of hydrogen-bond acceptors (Lipinski definition) is 3. The van der Waals surface area contributed by atoms with E-state index in [1.807, 2.05) is 11.5 Å². The first kappa shape index (κ1) is 17.2. The molecular weight excluding hydrogens is 321 g/mol. The largest absolute Gasteiger partial charge is 0.351 e. The van der Waals surface area contributed by atoms with Crippen LogP contribution in [0.15, 0.2) is 30.3 Å². The summed E-state index contributed by atoms with van der Waals surface area (Å²) in [6.07, 6.45) is 0. The summed E-state index contributed by atoms with van der Waals surface area (Å²) >= 11 is 0. The number of hydrogen-bond donors (Lipinski definition) is 2. The minimum absolute atomic E-state index is 0.0577. The van der Waals surface area contributed by atoms with Crippen molar-refractivity contribution in [1.82, 2.24) is 9.88 Å². The van der Waals surface area contributed by atoms with E-state index in [0.29, 0.717) is 11.3 Å². The molecule has 124 valence electrons. The lowest BCUT2D eigenvalue weighted by Crippen LogP contribution is -2.31. The number of carbonyl (C=O) groups excluding carboxylic acids is 1. The van der Waals surface area contributed by atoms with E-state index in [1.165, 1.54) is 12.1 Å². The second-order valence-electron chi connectivity index (χ2n) is 5.22. The van der Waals surface area contributed by atoms with Crippen LogP contribution in [0.25, 0.3) is 5.69 Å². The fraction of sp³-hybridized carbons (Fsp3) is 0.267. The highest BCUT2D eigenvalue weighted by Crippen LogP contribution is 2.21. The number of nitrogens with zero attached hydrogens (tertiary/aromatic N) is 1. The zero-order valence-electron chi connectivity index (χ0n) is 12.8. The van der Waals surface area contributed by atoms with Gasteiger partial charge in [0.2, 0.25) is 10.0 Å². The summed E-state index contributed by atoms with van der Waals surface area (Å²) in [5, 5.41) is 7.42. The van der Waals surface area contributed by atoms with Crippen LogP contribution in [0.2, 0.25) is 0 Å². The van der Waals surface area contributed by atoms with Gasteiger partial charge in [0.15, 0.2) is 0 Å². The SMILES string of the molecule is Cc1cc(C(=O)NCCS(N)(=O)=O)c(C)n1-c1ccc(F)cc1. The molecule has 23 heavy (non-hydrogen) atoms. The number of nitrogens with one attached hydrogen (secondary N) is 1. The first-order chi connectivity index (χ1) is 10.7. The van der Waals surface area contributed by atoms with E-state index in [4.69, 9.17) is 5.14 Å². The number of sulfonamides is 1. The summed E-state index contributed by atoms with van der Waals surface area (Å²) in [5.41, 5.74) is 2.67. The normalized spacial score (nSPS) is 11.5. The molecule has 0 unspecified atom stereocenters. The molecule has 0 fully saturated rings. The zero-order valence-corrected chi connectivity index (χ0v) is 13.7. The molecule has 1 amide bonds. The maximum absolute atomic E-state index is 13.0. The second kappa shape index (κ2) is 6.51. The number of nitrogens with two attached hydrogens (primary N) is 1. The number of aryl methyl sites for hydroxylation is 1. The molecule has 3 N–H and O–H groups in total. The van der Waals surface area contributed by atoms with Gasteiger partial charge in [0.25, 0.3) is 5.91 Å². The molecule has 2 rings (SSSR count). The van der Waals surface area contributed by atoms with E-state index < -0.39 is 10.0 Å². The fourth-order valence-electron chi connectivity index (χ4n) is 2.38. The van der Waals surface area contributed by atoms with Crippen molar-refractivity contribution >= 4 is 15.9 Å². The minimum Gasteiger partial charge on any atom is -0.351 e. The molecule has 0 aliphatic rings. The molecule has 2 aromatic rings. The highest BCUT2D eigenvalue weighted by Gasteiger charge is 2.17. The number of rotatable bonds is 5. The van der Waals surface area contributed by atoms with Gasteiger partial charge in [0.1, 0.15) is 5.82 Å². The van der Waals surface area contributed by atoms with Crippen molar-refractivity contribution in [2.75, 3.05) is 12.3 Å².